The molecule has 20 heavy (non-hydrogen) atoms. The van der Waals surface area contributed by atoms with Crippen LogP contribution in [-0.4, -0.2) is 12.5 Å². The number of thiophene rings is 1. The smallest absolute Gasteiger partial charge is 0.251 e. The van der Waals surface area contributed by atoms with E-state index < -0.39 is 0 Å². The van der Waals surface area contributed by atoms with Gasteiger partial charge in [0.05, 0.1) is 9.47 Å². The summed E-state index contributed by atoms with van der Waals surface area (Å²) in [5, 5.41) is 2.92. The lowest BCUT2D eigenvalue weighted by Crippen LogP contribution is -2.25. The fraction of sp³-hybridized carbons (Fsp3) is 0.214. The molecular formula is C14H16BrN3OS. The summed E-state index contributed by atoms with van der Waals surface area (Å²) < 4.78 is 1.11. The van der Waals surface area contributed by atoms with E-state index in [0.717, 1.165) is 21.5 Å². The Morgan fingerprint density at radius 3 is 2.75 bits per heavy atom. The lowest BCUT2D eigenvalue weighted by Gasteiger charge is -2.08. The van der Waals surface area contributed by atoms with Crippen LogP contribution in [0.3, 0.4) is 0 Å². The van der Waals surface area contributed by atoms with E-state index in [1.165, 1.54) is 4.88 Å². The number of rotatable bonds is 5. The van der Waals surface area contributed by atoms with Crippen molar-refractivity contribution in [2.75, 3.05) is 12.0 Å². The third kappa shape index (κ3) is 3.82. The minimum absolute atomic E-state index is 0.0627. The highest BCUT2D eigenvalue weighted by Gasteiger charge is 2.07. The second-order valence-electron chi connectivity index (χ2n) is 4.39. The number of aryl methyl sites for hydroxylation is 1. The zero-order valence-corrected chi connectivity index (χ0v) is 13.5. The van der Waals surface area contributed by atoms with E-state index in [4.69, 9.17) is 5.84 Å². The van der Waals surface area contributed by atoms with Crippen LogP contribution in [0, 0.1) is 6.92 Å². The van der Waals surface area contributed by atoms with Crippen molar-refractivity contribution in [1.29, 1.82) is 0 Å². The standard InChI is InChI=1S/C14H16BrN3OS/c1-9-8-10(2-4-12(9)18-16)14(19)17-7-6-11-3-5-13(15)20-11/h2-5,8,18H,6-7,16H2,1H3,(H,17,19). The van der Waals surface area contributed by atoms with Crippen molar-refractivity contribution >= 4 is 38.9 Å². The van der Waals surface area contributed by atoms with Gasteiger partial charge in [0.25, 0.3) is 5.91 Å². The van der Waals surface area contributed by atoms with Crippen molar-refractivity contribution < 1.29 is 4.79 Å². The highest BCUT2D eigenvalue weighted by molar-refractivity contribution is 9.11. The molecule has 0 aliphatic heterocycles. The molecule has 0 atom stereocenters. The number of nitrogen functional groups attached to an aromatic ring is 1. The van der Waals surface area contributed by atoms with Gasteiger partial charge >= 0.3 is 0 Å². The number of hydrogen-bond acceptors (Lipinski definition) is 4. The first-order valence-electron chi connectivity index (χ1n) is 6.20. The first kappa shape index (κ1) is 15.0. The van der Waals surface area contributed by atoms with E-state index in [1.807, 2.05) is 19.1 Å². The average Bonchev–Trinajstić information content (AvgIpc) is 2.84. The molecule has 6 heteroatoms. The molecule has 0 unspecified atom stereocenters. The summed E-state index contributed by atoms with van der Waals surface area (Å²) in [5.41, 5.74) is 5.01. The van der Waals surface area contributed by atoms with E-state index >= 15 is 0 Å². The van der Waals surface area contributed by atoms with E-state index in [2.05, 4.69) is 32.7 Å². The summed E-state index contributed by atoms with van der Waals surface area (Å²) in [6, 6.07) is 9.47. The van der Waals surface area contributed by atoms with Crippen molar-refractivity contribution in [2.24, 2.45) is 5.84 Å². The summed E-state index contributed by atoms with van der Waals surface area (Å²) in [7, 11) is 0. The van der Waals surface area contributed by atoms with Gasteiger partial charge in [-0.25, -0.2) is 0 Å². The highest BCUT2D eigenvalue weighted by Crippen LogP contribution is 2.22. The van der Waals surface area contributed by atoms with Crippen molar-refractivity contribution in [3.63, 3.8) is 0 Å². The lowest BCUT2D eigenvalue weighted by atomic mass is 10.1. The molecule has 4 nitrogen and oxygen atoms in total. The predicted octanol–water partition coefficient (Wildman–Crippen LogP) is 3.08. The second-order valence-corrected chi connectivity index (χ2v) is 6.93. The summed E-state index contributed by atoms with van der Waals surface area (Å²) in [6.45, 7) is 2.54. The summed E-state index contributed by atoms with van der Waals surface area (Å²) in [4.78, 5) is 13.3. The van der Waals surface area contributed by atoms with Gasteiger partial charge in [0.15, 0.2) is 0 Å². The third-order valence-corrected chi connectivity index (χ3v) is 4.61. The first-order valence-corrected chi connectivity index (χ1v) is 7.81. The molecule has 0 saturated heterocycles. The van der Waals surface area contributed by atoms with Crippen LogP contribution in [0.4, 0.5) is 5.69 Å². The summed E-state index contributed by atoms with van der Waals surface area (Å²) >= 11 is 5.11. The third-order valence-electron chi connectivity index (χ3n) is 2.93. The Morgan fingerprint density at radius 2 is 2.15 bits per heavy atom. The van der Waals surface area contributed by atoms with Crippen LogP contribution >= 0.6 is 27.3 Å². The second kappa shape index (κ2) is 6.88. The molecule has 1 heterocycles. The van der Waals surface area contributed by atoms with E-state index in [1.54, 1.807) is 23.5 Å². The summed E-state index contributed by atoms with van der Waals surface area (Å²) in [5.74, 6) is 5.31. The van der Waals surface area contributed by atoms with Crippen LogP contribution in [0.5, 0.6) is 0 Å². The van der Waals surface area contributed by atoms with Gasteiger partial charge in [0, 0.05) is 17.0 Å². The molecule has 0 spiro atoms. The first-order chi connectivity index (χ1) is 9.60. The maximum Gasteiger partial charge on any atom is 0.251 e. The number of anilines is 1. The van der Waals surface area contributed by atoms with Crippen LogP contribution in [0.1, 0.15) is 20.8 Å². The number of carbonyl (C=O) groups is 1. The summed E-state index contributed by atoms with van der Waals surface area (Å²) in [6.07, 6.45) is 0.837. The van der Waals surface area contributed by atoms with Gasteiger partial charge in [0.1, 0.15) is 0 Å². The largest absolute Gasteiger partial charge is 0.352 e. The molecule has 0 aliphatic rings. The normalized spacial score (nSPS) is 10.3. The van der Waals surface area contributed by atoms with Crippen molar-refractivity contribution in [1.82, 2.24) is 5.32 Å². The molecule has 0 radical (unpaired) electrons. The Labute approximate surface area is 130 Å². The molecule has 0 aliphatic carbocycles. The Kier molecular flexibility index (Phi) is 5.17. The zero-order chi connectivity index (χ0) is 14.5. The Balaban J connectivity index is 1.90. The van der Waals surface area contributed by atoms with Gasteiger partial charge in [-0.1, -0.05) is 0 Å². The number of carbonyl (C=O) groups excluding carboxylic acids is 1. The Morgan fingerprint density at radius 1 is 1.35 bits per heavy atom. The van der Waals surface area contributed by atoms with Crippen LogP contribution in [-0.2, 0) is 6.42 Å². The minimum Gasteiger partial charge on any atom is -0.352 e. The van der Waals surface area contributed by atoms with Crippen LogP contribution in [0.15, 0.2) is 34.1 Å². The molecule has 0 fully saturated rings. The maximum absolute atomic E-state index is 12.0. The molecule has 2 aromatic rings. The number of amides is 1. The Bertz CT molecular complexity index is 612. The van der Waals surface area contributed by atoms with E-state index in [9.17, 15) is 4.79 Å². The zero-order valence-electron chi connectivity index (χ0n) is 11.1. The molecule has 2 rings (SSSR count). The number of halogens is 1. The molecule has 1 amide bonds. The highest BCUT2D eigenvalue weighted by atomic mass is 79.9. The van der Waals surface area contributed by atoms with Gasteiger partial charge in [-0.3, -0.25) is 10.6 Å². The number of nitrogens with two attached hydrogens (primary N) is 1. The molecular weight excluding hydrogens is 338 g/mol. The Hall–Kier alpha value is -1.37. The monoisotopic (exact) mass is 353 g/mol. The van der Waals surface area contributed by atoms with Gasteiger partial charge in [-0.05, 0) is 65.2 Å². The molecule has 0 bridgehead atoms. The fourth-order valence-corrected chi connectivity index (χ4v) is 3.34. The maximum atomic E-state index is 12.0. The minimum atomic E-state index is -0.0627. The number of hydrazine groups is 1. The van der Waals surface area contributed by atoms with Crippen LogP contribution < -0.4 is 16.6 Å². The lowest BCUT2D eigenvalue weighted by molar-refractivity contribution is 0.0954. The van der Waals surface area contributed by atoms with Crippen LogP contribution in [0.25, 0.3) is 0 Å². The van der Waals surface area contributed by atoms with Crippen LogP contribution in [0.2, 0.25) is 0 Å². The van der Waals surface area contributed by atoms with Gasteiger partial charge in [-0.2, -0.15) is 0 Å². The average molecular weight is 354 g/mol. The number of hydrogen-bond donors (Lipinski definition) is 3. The number of nitrogens with one attached hydrogen (secondary N) is 2. The van der Waals surface area contributed by atoms with Gasteiger partial charge < -0.3 is 10.7 Å². The SMILES string of the molecule is Cc1cc(C(=O)NCCc2ccc(Br)s2)ccc1NN. The van der Waals surface area contributed by atoms with Crippen molar-refractivity contribution in [3.05, 3.63) is 50.1 Å². The van der Waals surface area contributed by atoms with Gasteiger partial charge in [-0.15, -0.1) is 11.3 Å². The molecule has 4 N–H and O–H groups in total. The van der Waals surface area contributed by atoms with Crippen molar-refractivity contribution in [2.45, 2.75) is 13.3 Å². The topological polar surface area (TPSA) is 67.2 Å². The molecule has 1 aromatic heterocycles. The fourth-order valence-electron chi connectivity index (χ4n) is 1.85. The van der Waals surface area contributed by atoms with E-state index in [0.29, 0.717) is 12.1 Å². The van der Waals surface area contributed by atoms with Gasteiger partial charge in [0.2, 0.25) is 0 Å². The number of benzene rings is 1. The van der Waals surface area contributed by atoms with Crippen molar-refractivity contribution in [3.8, 4) is 0 Å². The predicted molar refractivity (Wildman–Crippen MR) is 87.0 cm³/mol. The quantitative estimate of drug-likeness (QED) is 0.571. The molecule has 0 saturated carbocycles. The van der Waals surface area contributed by atoms with E-state index in [-0.39, 0.29) is 5.91 Å². The molecule has 1 aromatic carbocycles. The molecule has 106 valence electrons.